The summed E-state index contributed by atoms with van der Waals surface area (Å²) in [6, 6.07) is 11.4. The van der Waals surface area contributed by atoms with Gasteiger partial charge in [0.05, 0.1) is 5.56 Å². The summed E-state index contributed by atoms with van der Waals surface area (Å²) in [5.74, 6) is 1.07. The molecule has 3 nitrogen and oxygen atoms in total. The standard InChI is InChI=1S/C26H31F3N2O/c1-18-3-2-4-19(13-18)14-25(32)22-15-23(26(27,28)29)17-24(16-22)31-11-7-21(8-12-31)20-5-9-30-10-6-20/h2-4,13,15-17,20-21,30H,5-12,14H2,1H3. The molecule has 1 N–H and O–H groups in total. The summed E-state index contributed by atoms with van der Waals surface area (Å²) in [6.45, 7) is 5.53. The van der Waals surface area contributed by atoms with Gasteiger partial charge in [0.2, 0.25) is 0 Å². The zero-order valence-electron chi connectivity index (χ0n) is 18.5. The first-order valence-electron chi connectivity index (χ1n) is 11.6. The summed E-state index contributed by atoms with van der Waals surface area (Å²) in [6.07, 6.45) is -0.0271. The van der Waals surface area contributed by atoms with Gasteiger partial charge in [-0.25, -0.2) is 0 Å². The third-order valence-corrected chi connectivity index (χ3v) is 6.97. The van der Waals surface area contributed by atoms with Gasteiger partial charge in [-0.1, -0.05) is 29.8 Å². The van der Waals surface area contributed by atoms with Crippen LogP contribution in [0.15, 0.2) is 42.5 Å². The van der Waals surface area contributed by atoms with E-state index in [-0.39, 0.29) is 17.8 Å². The molecule has 2 heterocycles. The maximum Gasteiger partial charge on any atom is 0.416 e. The Morgan fingerprint density at radius 2 is 1.69 bits per heavy atom. The largest absolute Gasteiger partial charge is 0.416 e. The van der Waals surface area contributed by atoms with Gasteiger partial charge in [0.1, 0.15) is 0 Å². The molecule has 0 spiro atoms. The molecule has 2 aromatic rings. The monoisotopic (exact) mass is 444 g/mol. The van der Waals surface area contributed by atoms with Gasteiger partial charge in [0.25, 0.3) is 0 Å². The van der Waals surface area contributed by atoms with E-state index >= 15 is 0 Å². The molecule has 4 rings (SSSR count). The molecule has 6 heteroatoms. The number of halogens is 3. The van der Waals surface area contributed by atoms with Gasteiger partial charge in [0, 0.05) is 30.8 Å². The number of anilines is 1. The number of nitrogens with one attached hydrogen (secondary N) is 1. The second-order valence-corrected chi connectivity index (χ2v) is 9.27. The van der Waals surface area contributed by atoms with Crippen LogP contribution in [0.2, 0.25) is 0 Å². The smallest absolute Gasteiger partial charge is 0.371 e. The fourth-order valence-corrected chi connectivity index (χ4v) is 5.17. The Morgan fingerprint density at radius 3 is 2.34 bits per heavy atom. The summed E-state index contributed by atoms with van der Waals surface area (Å²) in [7, 11) is 0. The number of hydrogen-bond donors (Lipinski definition) is 1. The van der Waals surface area contributed by atoms with Crippen molar-refractivity contribution in [3.05, 3.63) is 64.7 Å². The number of rotatable bonds is 5. The van der Waals surface area contributed by atoms with Crippen molar-refractivity contribution < 1.29 is 18.0 Å². The van der Waals surface area contributed by atoms with Crippen LogP contribution in [0.4, 0.5) is 18.9 Å². The highest BCUT2D eigenvalue weighted by Gasteiger charge is 2.33. The molecule has 0 saturated carbocycles. The lowest BCUT2D eigenvalue weighted by Crippen LogP contribution is -2.39. The first-order valence-corrected chi connectivity index (χ1v) is 11.6. The van der Waals surface area contributed by atoms with E-state index in [1.54, 1.807) is 6.07 Å². The van der Waals surface area contributed by atoms with Crippen molar-refractivity contribution in [2.24, 2.45) is 11.8 Å². The number of nitrogens with zero attached hydrogens (tertiary/aromatic N) is 1. The van der Waals surface area contributed by atoms with Gasteiger partial charge >= 0.3 is 6.18 Å². The topological polar surface area (TPSA) is 32.3 Å². The lowest BCUT2D eigenvalue weighted by atomic mass is 9.79. The van der Waals surface area contributed by atoms with Crippen LogP contribution < -0.4 is 10.2 Å². The number of Topliss-reactive ketones (excluding diaryl/α,β-unsaturated/α-hetero) is 1. The van der Waals surface area contributed by atoms with Crippen LogP contribution in [-0.2, 0) is 12.6 Å². The quantitative estimate of drug-likeness (QED) is 0.605. The molecular formula is C26H31F3N2O. The molecule has 0 bridgehead atoms. The summed E-state index contributed by atoms with van der Waals surface area (Å²) in [4.78, 5) is 14.9. The van der Waals surface area contributed by atoms with E-state index < -0.39 is 11.7 Å². The molecule has 2 fully saturated rings. The molecule has 2 aromatic carbocycles. The Hall–Kier alpha value is -2.34. The minimum absolute atomic E-state index is 0.0974. The predicted octanol–water partition coefficient (Wildman–Crippen LogP) is 5.66. The molecule has 0 aromatic heterocycles. The van der Waals surface area contributed by atoms with Gasteiger partial charge in [-0.2, -0.15) is 13.2 Å². The van der Waals surface area contributed by atoms with Crippen LogP contribution in [0.5, 0.6) is 0 Å². The highest BCUT2D eigenvalue weighted by molar-refractivity contribution is 5.98. The Labute approximate surface area is 188 Å². The van der Waals surface area contributed by atoms with Gasteiger partial charge in [-0.05, 0) is 81.3 Å². The zero-order valence-corrected chi connectivity index (χ0v) is 18.5. The average molecular weight is 445 g/mol. The van der Waals surface area contributed by atoms with E-state index in [1.807, 2.05) is 36.1 Å². The fourth-order valence-electron chi connectivity index (χ4n) is 5.17. The van der Waals surface area contributed by atoms with Gasteiger partial charge in [0.15, 0.2) is 5.78 Å². The maximum atomic E-state index is 13.6. The molecule has 0 unspecified atom stereocenters. The number of piperidine rings is 2. The molecule has 2 saturated heterocycles. The van der Waals surface area contributed by atoms with Crippen molar-refractivity contribution in [1.82, 2.24) is 5.32 Å². The van der Waals surface area contributed by atoms with Crippen LogP contribution in [0, 0.1) is 18.8 Å². The molecule has 2 aliphatic heterocycles. The van der Waals surface area contributed by atoms with E-state index in [4.69, 9.17) is 0 Å². The van der Waals surface area contributed by atoms with Gasteiger partial charge in [-0.3, -0.25) is 4.79 Å². The van der Waals surface area contributed by atoms with Crippen LogP contribution in [-0.4, -0.2) is 32.0 Å². The van der Waals surface area contributed by atoms with Crippen LogP contribution in [0.25, 0.3) is 0 Å². The van der Waals surface area contributed by atoms with E-state index in [0.717, 1.165) is 56.2 Å². The Balaban J connectivity index is 1.52. The molecule has 172 valence electrons. The third kappa shape index (κ3) is 5.52. The lowest BCUT2D eigenvalue weighted by Gasteiger charge is -2.39. The van der Waals surface area contributed by atoms with Crippen molar-refractivity contribution in [3.8, 4) is 0 Å². The van der Waals surface area contributed by atoms with E-state index in [9.17, 15) is 18.0 Å². The van der Waals surface area contributed by atoms with Crippen molar-refractivity contribution in [3.63, 3.8) is 0 Å². The molecule has 0 atom stereocenters. The summed E-state index contributed by atoms with van der Waals surface area (Å²) in [5, 5.41) is 3.40. The highest BCUT2D eigenvalue weighted by Crippen LogP contribution is 2.36. The third-order valence-electron chi connectivity index (χ3n) is 6.97. The summed E-state index contributed by atoms with van der Waals surface area (Å²) < 4.78 is 40.9. The molecule has 0 radical (unpaired) electrons. The number of carbonyl (C=O) groups is 1. The van der Waals surface area contributed by atoms with Crippen molar-refractivity contribution in [1.29, 1.82) is 0 Å². The van der Waals surface area contributed by atoms with E-state index in [2.05, 4.69) is 5.32 Å². The van der Waals surface area contributed by atoms with Crippen molar-refractivity contribution in [2.75, 3.05) is 31.1 Å². The van der Waals surface area contributed by atoms with E-state index in [0.29, 0.717) is 17.5 Å². The average Bonchev–Trinajstić information content (AvgIpc) is 2.79. The number of aryl methyl sites for hydroxylation is 1. The number of hydrogen-bond acceptors (Lipinski definition) is 3. The van der Waals surface area contributed by atoms with Crippen molar-refractivity contribution in [2.45, 2.75) is 45.2 Å². The van der Waals surface area contributed by atoms with Gasteiger partial charge < -0.3 is 10.2 Å². The van der Waals surface area contributed by atoms with Crippen LogP contribution in [0.3, 0.4) is 0 Å². The van der Waals surface area contributed by atoms with Crippen molar-refractivity contribution >= 4 is 11.5 Å². The van der Waals surface area contributed by atoms with Crippen LogP contribution in [0.1, 0.15) is 52.7 Å². The highest BCUT2D eigenvalue weighted by atomic mass is 19.4. The number of benzene rings is 2. The van der Waals surface area contributed by atoms with Gasteiger partial charge in [-0.15, -0.1) is 0 Å². The number of alkyl halides is 3. The lowest BCUT2D eigenvalue weighted by molar-refractivity contribution is -0.137. The zero-order chi connectivity index (χ0) is 22.7. The first-order chi connectivity index (χ1) is 15.3. The molecular weight excluding hydrogens is 413 g/mol. The normalized spacial score (nSPS) is 18.7. The second-order valence-electron chi connectivity index (χ2n) is 9.27. The molecule has 0 amide bonds. The minimum atomic E-state index is -4.48. The van der Waals surface area contributed by atoms with Crippen LogP contribution >= 0.6 is 0 Å². The summed E-state index contributed by atoms with van der Waals surface area (Å²) in [5.41, 5.74) is 1.74. The number of ketones is 1. The molecule has 32 heavy (non-hydrogen) atoms. The molecule has 0 aliphatic carbocycles. The Morgan fingerprint density at radius 1 is 1.00 bits per heavy atom. The Kier molecular flexibility index (Phi) is 6.89. The first kappa shape index (κ1) is 22.8. The SMILES string of the molecule is Cc1cccc(CC(=O)c2cc(N3CCC(C4CCNCC4)CC3)cc(C(F)(F)F)c2)c1. The second kappa shape index (κ2) is 9.65. The predicted molar refractivity (Wildman–Crippen MR) is 121 cm³/mol. The fraction of sp³-hybridized carbons (Fsp3) is 0.500. The Bertz CT molecular complexity index is 942. The molecule has 2 aliphatic rings. The number of carbonyl (C=O) groups excluding carboxylic acids is 1. The minimum Gasteiger partial charge on any atom is -0.371 e. The van der Waals surface area contributed by atoms with E-state index in [1.165, 1.54) is 18.9 Å². The summed E-state index contributed by atoms with van der Waals surface area (Å²) >= 11 is 0. The maximum absolute atomic E-state index is 13.6.